The molecule has 100 valence electrons. The van der Waals surface area contributed by atoms with E-state index in [2.05, 4.69) is 15.9 Å². The van der Waals surface area contributed by atoms with Gasteiger partial charge in [-0.05, 0) is 47.9 Å². The smallest absolute Gasteiger partial charge is 0.118 e. The topological polar surface area (TPSA) is 35.2 Å². The van der Waals surface area contributed by atoms with E-state index in [1.807, 2.05) is 42.5 Å². The Balaban J connectivity index is 2.15. The number of nitrogens with two attached hydrogens (primary N) is 1. The van der Waals surface area contributed by atoms with Gasteiger partial charge in [-0.15, -0.1) is 0 Å². The van der Waals surface area contributed by atoms with Crippen molar-refractivity contribution in [1.82, 2.24) is 0 Å². The van der Waals surface area contributed by atoms with Crippen LogP contribution in [-0.4, -0.2) is 7.11 Å². The quantitative estimate of drug-likeness (QED) is 0.898. The highest BCUT2D eigenvalue weighted by Crippen LogP contribution is 2.27. The van der Waals surface area contributed by atoms with Crippen molar-refractivity contribution < 1.29 is 4.74 Å². The van der Waals surface area contributed by atoms with Crippen LogP contribution >= 0.6 is 27.5 Å². The molecule has 1 unspecified atom stereocenters. The predicted molar refractivity (Wildman–Crippen MR) is 82.8 cm³/mol. The molecule has 0 aromatic heterocycles. The van der Waals surface area contributed by atoms with Crippen molar-refractivity contribution in [3.05, 3.63) is 63.1 Å². The number of benzene rings is 2. The third-order valence-electron chi connectivity index (χ3n) is 2.97. The highest BCUT2D eigenvalue weighted by molar-refractivity contribution is 9.10. The molecule has 0 saturated heterocycles. The summed E-state index contributed by atoms with van der Waals surface area (Å²) in [6.07, 6.45) is 0.736. The van der Waals surface area contributed by atoms with Crippen molar-refractivity contribution in [2.45, 2.75) is 12.5 Å². The first-order chi connectivity index (χ1) is 9.10. The molecule has 0 saturated carbocycles. The summed E-state index contributed by atoms with van der Waals surface area (Å²) >= 11 is 9.62. The summed E-state index contributed by atoms with van der Waals surface area (Å²) in [5.41, 5.74) is 8.34. The Morgan fingerprint density at radius 2 is 1.89 bits per heavy atom. The van der Waals surface area contributed by atoms with Crippen molar-refractivity contribution in [3.8, 4) is 5.75 Å². The number of halogens is 2. The van der Waals surface area contributed by atoms with Crippen molar-refractivity contribution in [2.24, 2.45) is 5.73 Å². The van der Waals surface area contributed by atoms with Gasteiger partial charge in [0.05, 0.1) is 7.11 Å². The molecule has 2 rings (SSSR count). The highest BCUT2D eigenvalue weighted by atomic mass is 79.9. The van der Waals surface area contributed by atoms with Gasteiger partial charge in [-0.2, -0.15) is 0 Å². The maximum Gasteiger partial charge on any atom is 0.118 e. The van der Waals surface area contributed by atoms with Gasteiger partial charge >= 0.3 is 0 Å². The Hall–Kier alpha value is -1.03. The Labute approximate surface area is 126 Å². The predicted octanol–water partition coefficient (Wildman–Crippen LogP) is 4.35. The minimum Gasteiger partial charge on any atom is -0.497 e. The molecule has 0 radical (unpaired) electrons. The van der Waals surface area contributed by atoms with E-state index in [1.54, 1.807) is 7.11 Å². The maximum absolute atomic E-state index is 6.23. The van der Waals surface area contributed by atoms with Crippen LogP contribution in [0.2, 0.25) is 5.02 Å². The van der Waals surface area contributed by atoms with Crippen molar-refractivity contribution in [2.75, 3.05) is 7.11 Å². The second-order valence-corrected chi connectivity index (χ2v) is 5.65. The van der Waals surface area contributed by atoms with Gasteiger partial charge in [-0.3, -0.25) is 0 Å². The number of methoxy groups -OCH3 is 1. The summed E-state index contributed by atoms with van der Waals surface area (Å²) in [5, 5.41) is 0.698. The molecule has 19 heavy (non-hydrogen) atoms. The summed E-state index contributed by atoms with van der Waals surface area (Å²) in [5.74, 6) is 0.845. The number of rotatable bonds is 4. The fraction of sp³-hybridized carbons (Fsp3) is 0.200. The number of ether oxygens (including phenoxy) is 1. The van der Waals surface area contributed by atoms with Gasteiger partial charge in [0.2, 0.25) is 0 Å². The molecule has 0 fully saturated rings. The summed E-state index contributed by atoms with van der Waals surface area (Å²) in [4.78, 5) is 0. The molecule has 4 heteroatoms. The molecule has 2 N–H and O–H groups in total. The van der Waals surface area contributed by atoms with Gasteiger partial charge in [0.15, 0.2) is 0 Å². The Kier molecular flexibility index (Phi) is 4.86. The summed E-state index contributed by atoms with van der Waals surface area (Å²) in [6, 6.07) is 13.5. The van der Waals surface area contributed by atoms with E-state index in [0.717, 1.165) is 27.8 Å². The van der Waals surface area contributed by atoms with E-state index in [1.165, 1.54) is 0 Å². The molecule has 2 nitrogen and oxygen atoms in total. The van der Waals surface area contributed by atoms with Gasteiger partial charge in [-0.25, -0.2) is 0 Å². The van der Waals surface area contributed by atoms with Crippen LogP contribution in [-0.2, 0) is 6.42 Å². The van der Waals surface area contributed by atoms with Crippen LogP contribution in [0.4, 0.5) is 0 Å². The Morgan fingerprint density at radius 1 is 1.21 bits per heavy atom. The third-order valence-corrected chi connectivity index (χ3v) is 3.81. The van der Waals surface area contributed by atoms with Crippen molar-refractivity contribution >= 4 is 27.5 Å². The third kappa shape index (κ3) is 3.72. The molecule has 0 amide bonds. The lowest BCUT2D eigenvalue weighted by atomic mass is 9.99. The minimum absolute atomic E-state index is 0.126. The van der Waals surface area contributed by atoms with E-state index in [4.69, 9.17) is 22.1 Å². The molecule has 2 aromatic rings. The number of hydrogen-bond donors (Lipinski definition) is 1. The van der Waals surface area contributed by atoms with Gasteiger partial charge in [0.1, 0.15) is 5.75 Å². The molecule has 1 atom stereocenters. The first-order valence-corrected chi connectivity index (χ1v) is 7.10. The molecule has 0 aliphatic carbocycles. The van der Waals surface area contributed by atoms with Crippen LogP contribution in [0.15, 0.2) is 46.9 Å². The van der Waals surface area contributed by atoms with Crippen molar-refractivity contribution in [1.29, 1.82) is 0 Å². The summed E-state index contributed by atoms with van der Waals surface area (Å²) < 4.78 is 6.12. The van der Waals surface area contributed by atoms with E-state index in [9.17, 15) is 0 Å². The lowest BCUT2D eigenvalue weighted by Gasteiger charge is -2.14. The Morgan fingerprint density at radius 3 is 2.53 bits per heavy atom. The van der Waals surface area contributed by atoms with Crippen LogP contribution in [0.25, 0.3) is 0 Å². The fourth-order valence-electron chi connectivity index (χ4n) is 1.92. The molecular weight excluding hydrogens is 326 g/mol. The first-order valence-electron chi connectivity index (χ1n) is 5.93. The zero-order valence-electron chi connectivity index (χ0n) is 10.6. The zero-order valence-corrected chi connectivity index (χ0v) is 12.9. The van der Waals surface area contributed by atoms with Gasteiger partial charge in [-0.1, -0.05) is 39.7 Å². The molecule has 0 aliphatic heterocycles. The zero-order chi connectivity index (χ0) is 13.8. The second kappa shape index (κ2) is 6.42. The fourth-order valence-corrected chi connectivity index (χ4v) is 2.56. The van der Waals surface area contributed by atoms with E-state index in [0.29, 0.717) is 5.02 Å². The van der Waals surface area contributed by atoms with Crippen LogP contribution in [0.1, 0.15) is 17.2 Å². The molecule has 0 spiro atoms. The van der Waals surface area contributed by atoms with E-state index in [-0.39, 0.29) is 6.04 Å². The Bertz CT molecular complexity index is 557. The summed E-state index contributed by atoms with van der Waals surface area (Å²) in [6.45, 7) is 0. The largest absolute Gasteiger partial charge is 0.497 e. The molecule has 0 bridgehead atoms. The molecule has 2 aromatic carbocycles. The SMILES string of the molecule is COc1ccc(CC(N)c2cc(Br)ccc2Cl)cc1. The average Bonchev–Trinajstić information content (AvgIpc) is 2.42. The van der Waals surface area contributed by atoms with Crippen LogP contribution in [0.5, 0.6) is 5.75 Å². The first kappa shape index (κ1) is 14.4. The lowest BCUT2D eigenvalue weighted by molar-refractivity contribution is 0.414. The highest BCUT2D eigenvalue weighted by Gasteiger charge is 2.11. The lowest BCUT2D eigenvalue weighted by Crippen LogP contribution is -2.13. The molecule has 0 aliphatic rings. The monoisotopic (exact) mass is 339 g/mol. The second-order valence-electron chi connectivity index (χ2n) is 4.32. The van der Waals surface area contributed by atoms with E-state index < -0.39 is 0 Å². The van der Waals surface area contributed by atoms with Crippen molar-refractivity contribution in [3.63, 3.8) is 0 Å². The van der Waals surface area contributed by atoms with Crippen LogP contribution in [0, 0.1) is 0 Å². The average molecular weight is 341 g/mol. The normalized spacial score (nSPS) is 12.2. The molecular formula is C15H15BrClNO. The van der Waals surface area contributed by atoms with Crippen LogP contribution in [0.3, 0.4) is 0 Å². The summed E-state index contributed by atoms with van der Waals surface area (Å²) in [7, 11) is 1.65. The minimum atomic E-state index is -0.126. The van der Waals surface area contributed by atoms with E-state index >= 15 is 0 Å². The van der Waals surface area contributed by atoms with Gasteiger partial charge in [0.25, 0.3) is 0 Å². The molecule has 0 heterocycles. The maximum atomic E-state index is 6.23. The standard InChI is InChI=1S/C15H15BrClNO/c1-19-12-5-2-10(3-6-12)8-15(18)13-9-11(16)4-7-14(13)17/h2-7,9,15H,8,18H2,1H3. The van der Waals surface area contributed by atoms with Crippen LogP contribution < -0.4 is 10.5 Å². The van der Waals surface area contributed by atoms with Gasteiger partial charge < -0.3 is 10.5 Å². The van der Waals surface area contributed by atoms with Gasteiger partial charge in [0, 0.05) is 15.5 Å². The number of hydrogen-bond acceptors (Lipinski definition) is 2.